The van der Waals surface area contributed by atoms with Gasteiger partial charge in [0.2, 0.25) is 10.0 Å². The third kappa shape index (κ3) is 3.09. The van der Waals surface area contributed by atoms with Crippen LogP contribution in [0.15, 0.2) is 28.7 Å². The van der Waals surface area contributed by atoms with Gasteiger partial charge in [-0.3, -0.25) is 4.98 Å². The Morgan fingerprint density at radius 1 is 1.47 bits per heavy atom. The van der Waals surface area contributed by atoms with Crippen molar-refractivity contribution in [3.63, 3.8) is 0 Å². The Kier molecular flexibility index (Phi) is 3.83. The maximum absolute atomic E-state index is 13.2. The van der Waals surface area contributed by atoms with Crippen LogP contribution in [0.4, 0.5) is 10.1 Å². The van der Waals surface area contributed by atoms with E-state index in [0.29, 0.717) is 5.56 Å². The van der Waals surface area contributed by atoms with Gasteiger partial charge in [-0.15, -0.1) is 11.3 Å². The topological polar surface area (TPSA) is 85.1 Å². The van der Waals surface area contributed by atoms with E-state index in [1.807, 2.05) is 0 Å². The Labute approximate surface area is 114 Å². The maximum Gasteiger partial charge on any atom is 0.241 e. The number of hydrogen-bond acceptors (Lipinski definition) is 5. The third-order valence-corrected chi connectivity index (χ3v) is 4.83. The standard InChI is InChI=1S/C11H12FN3O2S2/c1-7-2-9(12)10(13)3-11(7)19(16,17)15-5-8-4-14-6-18-8/h2-4,6,15H,5,13H2,1H3. The zero-order valence-electron chi connectivity index (χ0n) is 10.1. The molecule has 2 aromatic rings. The summed E-state index contributed by atoms with van der Waals surface area (Å²) in [6.07, 6.45) is 1.58. The molecule has 0 aliphatic heterocycles. The molecule has 0 fully saturated rings. The van der Waals surface area contributed by atoms with Gasteiger partial charge < -0.3 is 5.73 Å². The van der Waals surface area contributed by atoms with E-state index in [4.69, 9.17) is 5.73 Å². The largest absolute Gasteiger partial charge is 0.396 e. The molecule has 2 rings (SSSR count). The van der Waals surface area contributed by atoms with Crippen LogP contribution in [0.25, 0.3) is 0 Å². The Balaban J connectivity index is 2.27. The van der Waals surface area contributed by atoms with Crippen molar-refractivity contribution in [2.24, 2.45) is 0 Å². The van der Waals surface area contributed by atoms with E-state index in [0.717, 1.165) is 17.0 Å². The smallest absolute Gasteiger partial charge is 0.241 e. The number of hydrogen-bond donors (Lipinski definition) is 2. The lowest BCUT2D eigenvalue weighted by atomic mass is 10.2. The van der Waals surface area contributed by atoms with Gasteiger partial charge in [0.05, 0.1) is 16.1 Å². The van der Waals surface area contributed by atoms with Gasteiger partial charge >= 0.3 is 0 Å². The van der Waals surface area contributed by atoms with Crippen LogP contribution in [0.1, 0.15) is 10.4 Å². The molecule has 1 aromatic heterocycles. The number of halogens is 1. The molecule has 0 radical (unpaired) electrons. The van der Waals surface area contributed by atoms with E-state index in [9.17, 15) is 12.8 Å². The molecule has 0 atom stereocenters. The number of aryl methyl sites for hydroxylation is 1. The first-order chi connectivity index (χ1) is 8.90. The Hall–Kier alpha value is -1.51. The molecule has 3 N–H and O–H groups in total. The van der Waals surface area contributed by atoms with Gasteiger partial charge in [0.25, 0.3) is 0 Å². The van der Waals surface area contributed by atoms with Crippen LogP contribution in [-0.4, -0.2) is 13.4 Å². The van der Waals surface area contributed by atoms with Crippen molar-refractivity contribution in [1.29, 1.82) is 0 Å². The number of aromatic nitrogens is 1. The second kappa shape index (κ2) is 5.24. The van der Waals surface area contributed by atoms with E-state index in [1.54, 1.807) is 11.7 Å². The minimum Gasteiger partial charge on any atom is -0.396 e. The number of thiazole rings is 1. The van der Waals surface area contributed by atoms with E-state index in [1.165, 1.54) is 18.3 Å². The number of nitrogen functional groups attached to an aromatic ring is 1. The summed E-state index contributed by atoms with van der Waals surface area (Å²) in [6.45, 7) is 1.66. The summed E-state index contributed by atoms with van der Waals surface area (Å²) in [6, 6.07) is 2.23. The second-order valence-corrected chi connectivity index (χ2v) is 6.64. The molecule has 102 valence electrons. The number of benzene rings is 1. The molecule has 1 heterocycles. The molecule has 0 aliphatic rings. The Morgan fingerprint density at radius 2 is 2.21 bits per heavy atom. The van der Waals surface area contributed by atoms with Crippen LogP contribution in [0, 0.1) is 12.7 Å². The zero-order valence-corrected chi connectivity index (χ0v) is 11.7. The van der Waals surface area contributed by atoms with Gasteiger partial charge in [-0.25, -0.2) is 17.5 Å². The van der Waals surface area contributed by atoms with Crippen molar-refractivity contribution >= 4 is 27.0 Å². The van der Waals surface area contributed by atoms with Crippen molar-refractivity contribution in [2.75, 3.05) is 5.73 Å². The molecule has 0 saturated carbocycles. The molecule has 5 nitrogen and oxygen atoms in total. The fraction of sp³-hybridized carbons (Fsp3) is 0.182. The van der Waals surface area contributed by atoms with Gasteiger partial charge in [-0.1, -0.05) is 0 Å². The van der Waals surface area contributed by atoms with Crippen molar-refractivity contribution in [1.82, 2.24) is 9.71 Å². The fourth-order valence-electron chi connectivity index (χ4n) is 1.53. The Bertz CT molecular complexity index is 684. The maximum atomic E-state index is 13.2. The lowest BCUT2D eigenvalue weighted by Crippen LogP contribution is -2.24. The summed E-state index contributed by atoms with van der Waals surface area (Å²) >= 11 is 1.35. The summed E-state index contributed by atoms with van der Waals surface area (Å²) in [4.78, 5) is 4.62. The van der Waals surface area contributed by atoms with E-state index < -0.39 is 15.8 Å². The number of nitrogens with zero attached hydrogens (tertiary/aromatic N) is 1. The van der Waals surface area contributed by atoms with Crippen LogP contribution in [-0.2, 0) is 16.6 Å². The Morgan fingerprint density at radius 3 is 2.84 bits per heavy atom. The van der Waals surface area contributed by atoms with Crippen LogP contribution < -0.4 is 10.5 Å². The first-order valence-electron chi connectivity index (χ1n) is 5.33. The van der Waals surface area contributed by atoms with Gasteiger partial charge in [0.1, 0.15) is 5.82 Å². The average Bonchev–Trinajstić information content (AvgIpc) is 2.84. The highest BCUT2D eigenvalue weighted by molar-refractivity contribution is 7.89. The summed E-state index contributed by atoms with van der Waals surface area (Å²) in [5, 5.41) is 0. The van der Waals surface area contributed by atoms with E-state index >= 15 is 0 Å². The normalized spacial score (nSPS) is 11.7. The minimum atomic E-state index is -3.72. The molecule has 8 heteroatoms. The monoisotopic (exact) mass is 301 g/mol. The molecule has 1 aromatic carbocycles. The molecule has 0 aliphatic carbocycles. The molecule has 0 spiro atoms. The number of rotatable bonds is 4. The zero-order chi connectivity index (χ0) is 14.0. The molecule has 19 heavy (non-hydrogen) atoms. The first kappa shape index (κ1) is 13.9. The fourth-order valence-corrected chi connectivity index (χ4v) is 3.42. The molecule has 0 unspecified atom stereocenters. The predicted octanol–water partition coefficient (Wildman–Crippen LogP) is 1.65. The highest BCUT2D eigenvalue weighted by Gasteiger charge is 2.18. The van der Waals surface area contributed by atoms with Gasteiger partial charge in [0, 0.05) is 17.6 Å². The van der Waals surface area contributed by atoms with Crippen LogP contribution in [0.3, 0.4) is 0 Å². The van der Waals surface area contributed by atoms with Crippen molar-refractivity contribution in [2.45, 2.75) is 18.4 Å². The van der Waals surface area contributed by atoms with Crippen molar-refractivity contribution in [3.8, 4) is 0 Å². The molecular weight excluding hydrogens is 289 g/mol. The molecule has 0 bridgehead atoms. The number of sulfonamides is 1. The first-order valence-corrected chi connectivity index (χ1v) is 7.69. The third-order valence-electron chi connectivity index (χ3n) is 2.50. The number of nitrogens with one attached hydrogen (secondary N) is 1. The minimum absolute atomic E-state index is 0.0177. The average molecular weight is 301 g/mol. The summed E-state index contributed by atoms with van der Waals surface area (Å²) in [5.41, 5.74) is 7.14. The summed E-state index contributed by atoms with van der Waals surface area (Å²) in [5.74, 6) is -0.626. The van der Waals surface area contributed by atoms with Gasteiger partial charge in [-0.05, 0) is 24.6 Å². The SMILES string of the molecule is Cc1cc(F)c(N)cc1S(=O)(=O)NCc1cncs1. The molecule has 0 saturated heterocycles. The summed E-state index contributed by atoms with van der Waals surface area (Å²) < 4.78 is 39.9. The predicted molar refractivity (Wildman–Crippen MR) is 71.7 cm³/mol. The quantitative estimate of drug-likeness (QED) is 0.841. The second-order valence-electron chi connectivity index (χ2n) is 3.93. The van der Waals surface area contributed by atoms with Gasteiger partial charge in [0.15, 0.2) is 0 Å². The van der Waals surface area contributed by atoms with Crippen molar-refractivity contribution < 1.29 is 12.8 Å². The molecular formula is C11H12FN3O2S2. The van der Waals surface area contributed by atoms with Crippen LogP contribution >= 0.6 is 11.3 Å². The van der Waals surface area contributed by atoms with Crippen molar-refractivity contribution in [3.05, 3.63) is 40.1 Å². The van der Waals surface area contributed by atoms with E-state index in [2.05, 4.69) is 9.71 Å². The molecule has 0 amide bonds. The van der Waals surface area contributed by atoms with Crippen LogP contribution in [0.2, 0.25) is 0 Å². The van der Waals surface area contributed by atoms with E-state index in [-0.39, 0.29) is 17.1 Å². The highest BCUT2D eigenvalue weighted by atomic mass is 32.2. The lowest BCUT2D eigenvalue weighted by Gasteiger charge is -2.10. The van der Waals surface area contributed by atoms with Crippen LogP contribution in [0.5, 0.6) is 0 Å². The summed E-state index contributed by atoms with van der Waals surface area (Å²) in [7, 11) is -3.72. The highest BCUT2D eigenvalue weighted by Crippen LogP contribution is 2.21. The van der Waals surface area contributed by atoms with Gasteiger partial charge in [-0.2, -0.15) is 0 Å². The number of anilines is 1. The lowest BCUT2D eigenvalue weighted by molar-refractivity contribution is 0.580. The number of nitrogens with two attached hydrogens (primary N) is 1.